The van der Waals surface area contributed by atoms with E-state index < -0.39 is 4.92 Å². The number of non-ortho nitro benzene ring substituents is 1. The number of carbonyl (C=O) groups excluding carboxylic acids is 2. The molecule has 0 atom stereocenters. The van der Waals surface area contributed by atoms with Crippen molar-refractivity contribution < 1.29 is 14.5 Å². The van der Waals surface area contributed by atoms with Gasteiger partial charge in [-0.1, -0.05) is 12.1 Å². The van der Waals surface area contributed by atoms with Gasteiger partial charge in [-0.05, 0) is 36.4 Å². The number of amides is 1. The second kappa shape index (κ2) is 7.25. The third kappa shape index (κ3) is 3.62. The molecule has 7 heteroatoms. The van der Waals surface area contributed by atoms with Crippen LogP contribution in [0.25, 0.3) is 0 Å². The average molecular weight is 363 g/mol. The van der Waals surface area contributed by atoms with E-state index in [0.29, 0.717) is 16.9 Å². The van der Waals surface area contributed by atoms with Crippen molar-refractivity contribution in [2.24, 2.45) is 0 Å². The van der Waals surface area contributed by atoms with Crippen molar-refractivity contribution in [3.05, 3.63) is 93.8 Å². The second-order valence-electron chi connectivity index (χ2n) is 6.18. The van der Waals surface area contributed by atoms with E-state index in [0.717, 1.165) is 0 Å². The molecule has 0 unspecified atom stereocenters. The third-order valence-electron chi connectivity index (χ3n) is 3.99. The lowest BCUT2D eigenvalue weighted by Crippen LogP contribution is -2.31. The molecule has 0 spiro atoms. The fraction of sp³-hybridized carbons (Fsp3) is 0.100. The van der Waals surface area contributed by atoms with E-state index in [1.165, 1.54) is 35.2 Å². The first-order valence-electron chi connectivity index (χ1n) is 8.17. The van der Waals surface area contributed by atoms with Gasteiger partial charge in [0.2, 0.25) is 0 Å². The van der Waals surface area contributed by atoms with E-state index in [1.807, 2.05) is 14.1 Å². The quantitative estimate of drug-likeness (QED) is 0.616. The smallest absolute Gasteiger partial charge is 0.269 e. The maximum atomic E-state index is 13.2. The molecule has 0 aromatic heterocycles. The van der Waals surface area contributed by atoms with Gasteiger partial charge in [0.15, 0.2) is 5.78 Å². The molecule has 2 aromatic carbocycles. The zero-order chi connectivity index (χ0) is 19.6. The summed E-state index contributed by atoms with van der Waals surface area (Å²) in [7, 11) is 3.63. The molecule has 1 aliphatic heterocycles. The highest BCUT2D eigenvalue weighted by Crippen LogP contribution is 2.30. The number of nitro groups is 1. The van der Waals surface area contributed by atoms with Crippen LogP contribution >= 0.6 is 0 Å². The van der Waals surface area contributed by atoms with Crippen LogP contribution in [0.15, 0.2) is 72.6 Å². The van der Waals surface area contributed by atoms with Crippen LogP contribution in [0.1, 0.15) is 20.7 Å². The first-order chi connectivity index (χ1) is 12.9. The molecule has 1 amide bonds. The standard InChI is InChI=1S/C20H17N3O4/c1-21(2)13-16-11-12-19(24)17-5-3-4-6-18(17)22(16)20(25)14-7-9-15(10-8-14)23(26)27/h3-13H,1-2H3. The van der Waals surface area contributed by atoms with Crippen LogP contribution in [0.4, 0.5) is 11.4 Å². The largest absolute Gasteiger partial charge is 0.382 e. The summed E-state index contributed by atoms with van der Waals surface area (Å²) in [6, 6.07) is 12.2. The minimum absolute atomic E-state index is 0.0954. The molecule has 1 aliphatic rings. The number of hydrogen-bond donors (Lipinski definition) is 0. The molecular formula is C20H17N3O4. The second-order valence-corrected chi connectivity index (χ2v) is 6.18. The molecule has 0 bridgehead atoms. The average Bonchev–Trinajstić information content (AvgIpc) is 2.78. The Morgan fingerprint density at radius 2 is 1.74 bits per heavy atom. The summed E-state index contributed by atoms with van der Waals surface area (Å²) in [5.41, 5.74) is 1.57. The van der Waals surface area contributed by atoms with Gasteiger partial charge in [-0.3, -0.25) is 24.6 Å². The van der Waals surface area contributed by atoms with Crippen molar-refractivity contribution in [1.82, 2.24) is 4.90 Å². The van der Waals surface area contributed by atoms with Gasteiger partial charge < -0.3 is 4.90 Å². The Kier molecular flexibility index (Phi) is 4.85. The van der Waals surface area contributed by atoms with Crippen molar-refractivity contribution >= 4 is 23.1 Å². The van der Waals surface area contributed by atoms with E-state index in [2.05, 4.69) is 0 Å². The van der Waals surface area contributed by atoms with E-state index >= 15 is 0 Å². The van der Waals surface area contributed by atoms with Crippen LogP contribution in [0.3, 0.4) is 0 Å². The number of anilines is 1. The number of nitrogens with zero attached hydrogens (tertiary/aromatic N) is 3. The van der Waals surface area contributed by atoms with Crippen LogP contribution in [-0.2, 0) is 0 Å². The Morgan fingerprint density at radius 1 is 1.07 bits per heavy atom. The van der Waals surface area contributed by atoms with Gasteiger partial charge in [0.1, 0.15) is 0 Å². The van der Waals surface area contributed by atoms with Crippen molar-refractivity contribution in [2.75, 3.05) is 19.0 Å². The fourth-order valence-corrected chi connectivity index (χ4v) is 2.79. The summed E-state index contributed by atoms with van der Waals surface area (Å²) in [5, 5.41) is 10.9. The fourth-order valence-electron chi connectivity index (χ4n) is 2.79. The Balaban J connectivity index is 2.14. The molecule has 0 saturated carbocycles. The van der Waals surface area contributed by atoms with Gasteiger partial charge >= 0.3 is 0 Å². The molecule has 0 fully saturated rings. The molecular weight excluding hydrogens is 346 g/mol. The molecule has 0 aliphatic carbocycles. The molecule has 2 aromatic rings. The van der Waals surface area contributed by atoms with Gasteiger partial charge in [0.05, 0.1) is 16.3 Å². The van der Waals surface area contributed by atoms with Crippen LogP contribution in [-0.4, -0.2) is 35.6 Å². The highest BCUT2D eigenvalue weighted by molar-refractivity contribution is 6.16. The van der Waals surface area contributed by atoms with Gasteiger partial charge in [0, 0.05) is 43.6 Å². The van der Waals surface area contributed by atoms with E-state index in [1.54, 1.807) is 41.4 Å². The molecule has 3 rings (SSSR count). The number of nitro benzene ring substituents is 1. The normalized spacial score (nSPS) is 14.7. The molecule has 27 heavy (non-hydrogen) atoms. The van der Waals surface area contributed by atoms with Gasteiger partial charge in [-0.25, -0.2) is 0 Å². The lowest BCUT2D eigenvalue weighted by molar-refractivity contribution is -0.384. The minimum atomic E-state index is -0.520. The maximum absolute atomic E-state index is 13.2. The third-order valence-corrected chi connectivity index (χ3v) is 3.99. The predicted octanol–water partition coefficient (Wildman–Crippen LogP) is 3.40. The lowest BCUT2D eigenvalue weighted by atomic mass is 10.1. The number of fused-ring (bicyclic) bond motifs is 1. The number of hydrogen-bond acceptors (Lipinski definition) is 5. The van der Waals surface area contributed by atoms with Crippen LogP contribution in [0, 0.1) is 10.1 Å². The summed E-state index contributed by atoms with van der Waals surface area (Å²) in [4.78, 5) is 39.2. The number of ketones is 1. The van der Waals surface area contributed by atoms with Gasteiger partial charge in [0.25, 0.3) is 11.6 Å². The van der Waals surface area contributed by atoms with Gasteiger partial charge in [-0.2, -0.15) is 0 Å². The molecule has 136 valence electrons. The minimum Gasteiger partial charge on any atom is -0.382 e. The summed E-state index contributed by atoms with van der Waals surface area (Å²) in [6.07, 6.45) is 4.75. The molecule has 7 nitrogen and oxygen atoms in total. The summed E-state index contributed by atoms with van der Waals surface area (Å²) in [5.74, 6) is -0.584. The Hall–Kier alpha value is -3.74. The van der Waals surface area contributed by atoms with Crippen molar-refractivity contribution in [1.29, 1.82) is 0 Å². The summed E-state index contributed by atoms with van der Waals surface area (Å²) < 4.78 is 0. The zero-order valence-corrected chi connectivity index (χ0v) is 14.8. The number of carbonyl (C=O) groups is 2. The Bertz CT molecular complexity index is 975. The monoisotopic (exact) mass is 363 g/mol. The summed E-state index contributed by atoms with van der Waals surface area (Å²) in [6.45, 7) is 0. The number of benzene rings is 2. The summed E-state index contributed by atoms with van der Waals surface area (Å²) >= 11 is 0. The van der Waals surface area contributed by atoms with Crippen molar-refractivity contribution in [2.45, 2.75) is 0 Å². The maximum Gasteiger partial charge on any atom is 0.269 e. The van der Waals surface area contributed by atoms with E-state index in [-0.39, 0.29) is 22.9 Å². The lowest BCUT2D eigenvalue weighted by Gasteiger charge is -2.25. The molecule has 1 heterocycles. The first kappa shape index (κ1) is 18.1. The van der Waals surface area contributed by atoms with E-state index in [9.17, 15) is 19.7 Å². The molecule has 0 saturated heterocycles. The number of allylic oxidation sites excluding steroid dienone is 2. The van der Waals surface area contributed by atoms with Crippen LogP contribution in [0.2, 0.25) is 0 Å². The van der Waals surface area contributed by atoms with Crippen LogP contribution < -0.4 is 4.90 Å². The highest BCUT2D eigenvalue weighted by Gasteiger charge is 2.27. The highest BCUT2D eigenvalue weighted by atomic mass is 16.6. The van der Waals surface area contributed by atoms with Crippen molar-refractivity contribution in [3.63, 3.8) is 0 Å². The number of rotatable bonds is 3. The Labute approximate surface area is 156 Å². The number of para-hydroxylation sites is 1. The zero-order valence-electron chi connectivity index (χ0n) is 14.8. The SMILES string of the molecule is CN(C)C=C1C=CC(=O)c2ccccc2N1C(=O)c1ccc([N+](=O)[O-])cc1. The molecule has 0 N–H and O–H groups in total. The predicted molar refractivity (Wildman–Crippen MR) is 102 cm³/mol. The van der Waals surface area contributed by atoms with E-state index in [4.69, 9.17) is 0 Å². The topological polar surface area (TPSA) is 83.8 Å². The Morgan fingerprint density at radius 3 is 2.37 bits per heavy atom. The van der Waals surface area contributed by atoms with Gasteiger partial charge in [-0.15, -0.1) is 0 Å². The van der Waals surface area contributed by atoms with Crippen LogP contribution in [0.5, 0.6) is 0 Å². The van der Waals surface area contributed by atoms with Crippen molar-refractivity contribution in [3.8, 4) is 0 Å². The first-order valence-corrected chi connectivity index (χ1v) is 8.17. The molecule has 0 radical (unpaired) electrons.